The largest absolute Gasteiger partial charge is 0.494 e. The normalized spacial score (nSPS) is 11.3. The Balaban J connectivity index is 2.55. The summed E-state index contributed by atoms with van der Waals surface area (Å²) in [4.78, 5) is 23.3. The van der Waals surface area contributed by atoms with Crippen molar-refractivity contribution in [3.63, 3.8) is 0 Å². The number of rotatable bonds is 15. The lowest BCUT2D eigenvalue weighted by molar-refractivity contribution is -0.166. The molecule has 0 aromatic heterocycles. The zero-order chi connectivity index (χ0) is 20.1. The zero-order valence-electron chi connectivity index (χ0n) is 16.7. The highest BCUT2D eigenvalue weighted by Gasteiger charge is 2.45. The van der Waals surface area contributed by atoms with Crippen molar-refractivity contribution in [2.24, 2.45) is 5.41 Å². The third-order valence-corrected chi connectivity index (χ3v) is 5.06. The Morgan fingerprint density at radius 1 is 0.852 bits per heavy atom. The molecule has 0 saturated heterocycles. The predicted octanol–water partition coefficient (Wildman–Crippen LogP) is 5.31. The molecule has 0 spiro atoms. The molecule has 0 aliphatic rings. The van der Waals surface area contributed by atoms with Crippen molar-refractivity contribution in [3.05, 3.63) is 29.8 Å². The van der Waals surface area contributed by atoms with E-state index in [0.717, 1.165) is 24.2 Å². The maximum atomic E-state index is 11.7. The van der Waals surface area contributed by atoms with E-state index in [2.05, 4.69) is 6.92 Å². The van der Waals surface area contributed by atoms with E-state index in [1.54, 1.807) is 0 Å². The maximum Gasteiger partial charge on any atom is 0.321 e. The highest BCUT2D eigenvalue weighted by molar-refractivity contribution is 5.98. The lowest BCUT2D eigenvalue weighted by atomic mass is 9.78. The van der Waals surface area contributed by atoms with Crippen LogP contribution in [0.5, 0.6) is 5.75 Å². The van der Waals surface area contributed by atoms with Crippen LogP contribution in [-0.4, -0.2) is 28.8 Å². The van der Waals surface area contributed by atoms with E-state index in [-0.39, 0.29) is 12.8 Å². The standard InChI is InChI=1S/C22H34O5/c1-3-5-7-8-9-17-27-19-12-10-18(11-13-19)14-16-22(20(23)24,21(25)26)15-6-4-2/h10-13H,3-9,14-17H2,1-2H3,(H,23,24)(H,25,26). The number of ether oxygens (including phenoxy) is 1. The summed E-state index contributed by atoms with van der Waals surface area (Å²) in [6.45, 7) is 4.82. The smallest absolute Gasteiger partial charge is 0.321 e. The van der Waals surface area contributed by atoms with Gasteiger partial charge in [0.2, 0.25) is 0 Å². The Morgan fingerprint density at radius 2 is 1.44 bits per heavy atom. The molecule has 0 fully saturated rings. The minimum atomic E-state index is -1.70. The first kappa shape index (κ1) is 23.0. The number of hydrogen-bond donors (Lipinski definition) is 2. The average molecular weight is 379 g/mol. The molecule has 0 aliphatic heterocycles. The summed E-state index contributed by atoms with van der Waals surface area (Å²) in [6, 6.07) is 7.52. The first-order valence-corrected chi connectivity index (χ1v) is 10.1. The van der Waals surface area contributed by atoms with Crippen LogP contribution in [0.3, 0.4) is 0 Å². The summed E-state index contributed by atoms with van der Waals surface area (Å²) in [7, 11) is 0. The molecule has 0 aliphatic carbocycles. The van der Waals surface area contributed by atoms with Gasteiger partial charge in [-0.15, -0.1) is 0 Å². The molecule has 0 bridgehead atoms. The molecule has 27 heavy (non-hydrogen) atoms. The molecule has 0 unspecified atom stereocenters. The second-order valence-corrected chi connectivity index (χ2v) is 7.20. The molecular weight excluding hydrogens is 344 g/mol. The van der Waals surface area contributed by atoms with Crippen LogP contribution in [0.4, 0.5) is 0 Å². The maximum absolute atomic E-state index is 11.7. The number of carboxylic acids is 2. The number of unbranched alkanes of at least 4 members (excludes halogenated alkanes) is 5. The minimum absolute atomic E-state index is 0.0926. The van der Waals surface area contributed by atoms with Gasteiger partial charge < -0.3 is 14.9 Å². The third-order valence-electron chi connectivity index (χ3n) is 5.06. The van der Waals surface area contributed by atoms with Crippen molar-refractivity contribution in [1.29, 1.82) is 0 Å². The van der Waals surface area contributed by atoms with Gasteiger partial charge in [0, 0.05) is 0 Å². The Kier molecular flexibility index (Phi) is 10.5. The minimum Gasteiger partial charge on any atom is -0.494 e. The van der Waals surface area contributed by atoms with Gasteiger partial charge >= 0.3 is 11.9 Å². The molecule has 5 heteroatoms. The molecule has 1 rings (SSSR count). The van der Waals surface area contributed by atoms with Gasteiger partial charge in [0.25, 0.3) is 0 Å². The molecule has 0 heterocycles. The Hall–Kier alpha value is -2.04. The molecule has 2 N–H and O–H groups in total. The Morgan fingerprint density at radius 3 is 2.00 bits per heavy atom. The topological polar surface area (TPSA) is 83.8 Å². The lowest BCUT2D eigenvalue weighted by Gasteiger charge is -2.24. The van der Waals surface area contributed by atoms with Crippen molar-refractivity contribution in [3.8, 4) is 5.75 Å². The van der Waals surface area contributed by atoms with Crippen molar-refractivity contribution >= 4 is 11.9 Å². The molecule has 0 saturated carbocycles. The summed E-state index contributed by atoms with van der Waals surface area (Å²) >= 11 is 0. The number of hydrogen-bond acceptors (Lipinski definition) is 3. The van der Waals surface area contributed by atoms with E-state index in [4.69, 9.17) is 4.74 Å². The first-order valence-electron chi connectivity index (χ1n) is 10.1. The zero-order valence-corrected chi connectivity index (χ0v) is 16.7. The SMILES string of the molecule is CCCCCCCOc1ccc(CCC(CCCC)(C(=O)O)C(=O)O)cc1. The molecular formula is C22H34O5. The van der Waals surface area contributed by atoms with Crippen LogP contribution in [0.15, 0.2) is 24.3 Å². The van der Waals surface area contributed by atoms with Gasteiger partial charge in [-0.1, -0.05) is 64.5 Å². The van der Waals surface area contributed by atoms with Crippen LogP contribution in [0.1, 0.15) is 77.2 Å². The van der Waals surface area contributed by atoms with Gasteiger partial charge in [0.05, 0.1) is 6.61 Å². The summed E-state index contributed by atoms with van der Waals surface area (Å²) in [5.41, 5.74) is -0.780. The molecule has 0 amide bonds. The van der Waals surface area contributed by atoms with Crippen LogP contribution >= 0.6 is 0 Å². The average Bonchev–Trinajstić information content (AvgIpc) is 2.65. The predicted molar refractivity (Wildman–Crippen MR) is 106 cm³/mol. The fourth-order valence-electron chi connectivity index (χ4n) is 3.13. The van der Waals surface area contributed by atoms with Crippen molar-refractivity contribution in [1.82, 2.24) is 0 Å². The quantitative estimate of drug-likeness (QED) is 0.319. The van der Waals surface area contributed by atoms with Gasteiger partial charge in [-0.2, -0.15) is 0 Å². The first-order chi connectivity index (χ1) is 13.0. The van der Waals surface area contributed by atoms with Crippen LogP contribution in [0.25, 0.3) is 0 Å². The summed E-state index contributed by atoms with van der Waals surface area (Å²) in [5.74, 6) is -1.69. The Labute approximate surface area is 162 Å². The monoisotopic (exact) mass is 378 g/mol. The van der Waals surface area contributed by atoms with Crippen molar-refractivity contribution in [2.45, 2.75) is 78.1 Å². The van der Waals surface area contributed by atoms with Gasteiger partial charge in [-0.25, -0.2) is 0 Å². The highest BCUT2D eigenvalue weighted by atomic mass is 16.5. The molecule has 0 radical (unpaired) electrons. The fourth-order valence-corrected chi connectivity index (χ4v) is 3.13. The van der Waals surface area contributed by atoms with Crippen LogP contribution < -0.4 is 4.74 Å². The van der Waals surface area contributed by atoms with Crippen molar-refractivity contribution in [2.75, 3.05) is 6.61 Å². The number of aryl methyl sites for hydroxylation is 1. The molecule has 1 aromatic carbocycles. The summed E-state index contributed by atoms with van der Waals surface area (Å²) in [6.07, 6.45) is 7.98. The van der Waals surface area contributed by atoms with E-state index in [1.165, 1.54) is 25.7 Å². The van der Waals surface area contributed by atoms with Gasteiger partial charge in [0.1, 0.15) is 5.75 Å². The number of benzene rings is 1. The van der Waals surface area contributed by atoms with Gasteiger partial charge in [0.15, 0.2) is 5.41 Å². The third kappa shape index (κ3) is 7.61. The van der Waals surface area contributed by atoms with E-state index >= 15 is 0 Å². The van der Waals surface area contributed by atoms with Crippen LogP contribution in [-0.2, 0) is 16.0 Å². The van der Waals surface area contributed by atoms with E-state index < -0.39 is 17.4 Å². The van der Waals surface area contributed by atoms with Gasteiger partial charge in [-0.05, 0) is 43.4 Å². The van der Waals surface area contributed by atoms with Crippen LogP contribution in [0, 0.1) is 5.41 Å². The fraction of sp³-hybridized carbons (Fsp3) is 0.636. The van der Waals surface area contributed by atoms with Gasteiger partial charge in [-0.3, -0.25) is 9.59 Å². The van der Waals surface area contributed by atoms with E-state index in [1.807, 2.05) is 31.2 Å². The number of aliphatic carboxylic acids is 2. The number of carboxylic acid groups (broad SMARTS) is 2. The van der Waals surface area contributed by atoms with E-state index in [0.29, 0.717) is 19.4 Å². The lowest BCUT2D eigenvalue weighted by Crippen LogP contribution is -2.39. The number of carbonyl (C=O) groups is 2. The second kappa shape index (κ2) is 12.4. The molecule has 152 valence electrons. The molecule has 5 nitrogen and oxygen atoms in total. The second-order valence-electron chi connectivity index (χ2n) is 7.20. The Bertz CT molecular complexity index is 551. The summed E-state index contributed by atoms with van der Waals surface area (Å²) in [5, 5.41) is 19.0. The molecule has 0 atom stereocenters. The highest BCUT2D eigenvalue weighted by Crippen LogP contribution is 2.32. The van der Waals surface area contributed by atoms with Crippen molar-refractivity contribution < 1.29 is 24.5 Å². The van der Waals surface area contributed by atoms with Crippen LogP contribution in [0.2, 0.25) is 0 Å². The summed E-state index contributed by atoms with van der Waals surface area (Å²) < 4.78 is 5.73. The van der Waals surface area contributed by atoms with E-state index in [9.17, 15) is 19.8 Å². The molecule has 1 aromatic rings.